The van der Waals surface area contributed by atoms with Gasteiger partial charge < -0.3 is 19.9 Å². The Hall–Kier alpha value is -2.04. The molecule has 0 unspecified atom stereocenters. The Morgan fingerprint density at radius 3 is 2.27 bits per heavy atom. The number of hydrogen-bond donors (Lipinski definition) is 2. The molecule has 22 heavy (non-hydrogen) atoms. The van der Waals surface area contributed by atoms with Crippen LogP contribution in [0.25, 0.3) is 0 Å². The Balaban J connectivity index is 1.72. The molecule has 0 saturated carbocycles. The van der Waals surface area contributed by atoms with Crippen LogP contribution in [0.2, 0.25) is 0 Å². The number of aliphatic hydroxyl groups excluding tert-OH is 1. The molecule has 0 radical (unpaired) electrons. The van der Waals surface area contributed by atoms with Gasteiger partial charge in [0.25, 0.3) is 0 Å². The molecule has 0 aliphatic rings. The Kier molecular flexibility index (Phi) is 6.25. The maximum atomic E-state index is 9.99. The monoisotopic (exact) mass is 301 g/mol. The molecule has 4 nitrogen and oxygen atoms in total. The van der Waals surface area contributed by atoms with Gasteiger partial charge in [0.05, 0.1) is 7.11 Å². The summed E-state index contributed by atoms with van der Waals surface area (Å²) in [4.78, 5) is 0. The van der Waals surface area contributed by atoms with E-state index in [2.05, 4.69) is 24.4 Å². The predicted octanol–water partition coefficient (Wildman–Crippen LogP) is 2.79. The van der Waals surface area contributed by atoms with Gasteiger partial charge in [-0.05, 0) is 36.8 Å². The van der Waals surface area contributed by atoms with E-state index in [1.807, 2.05) is 42.5 Å². The van der Waals surface area contributed by atoms with E-state index in [-0.39, 0.29) is 12.6 Å². The molecule has 0 aliphatic heterocycles. The molecule has 2 rings (SSSR count). The third kappa shape index (κ3) is 5.06. The van der Waals surface area contributed by atoms with Gasteiger partial charge in [-0.2, -0.15) is 0 Å². The molecule has 2 aromatic rings. The van der Waals surface area contributed by atoms with E-state index in [0.29, 0.717) is 6.54 Å². The zero-order chi connectivity index (χ0) is 15.8. The molecule has 0 fully saturated rings. The van der Waals surface area contributed by atoms with Crippen molar-refractivity contribution in [3.05, 3.63) is 60.2 Å². The number of nitrogens with one attached hydrogen (secondary N) is 1. The number of aliphatic hydroxyl groups is 1. The van der Waals surface area contributed by atoms with Crippen molar-refractivity contribution in [2.24, 2.45) is 0 Å². The first-order chi connectivity index (χ1) is 10.7. The van der Waals surface area contributed by atoms with Crippen LogP contribution in [0.3, 0.4) is 0 Å². The van der Waals surface area contributed by atoms with E-state index >= 15 is 0 Å². The fraction of sp³-hybridized carbons (Fsp3) is 0.333. The minimum Gasteiger partial charge on any atom is -0.497 e. The molecule has 0 bridgehead atoms. The first kappa shape index (κ1) is 16.3. The van der Waals surface area contributed by atoms with Crippen LogP contribution in [0, 0.1) is 0 Å². The first-order valence-electron chi connectivity index (χ1n) is 7.42. The normalized spacial score (nSPS) is 13.4. The summed E-state index contributed by atoms with van der Waals surface area (Å²) in [7, 11) is 1.62. The molecule has 2 aromatic carbocycles. The lowest BCUT2D eigenvalue weighted by atomic mass is 10.1. The molecule has 118 valence electrons. The summed E-state index contributed by atoms with van der Waals surface area (Å²) in [6, 6.07) is 17.7. The Morgan fingerprint density at radius 2 is 1.64 bits per heavy atom. The average Bonchev–Trinajstić information content (AvgIpc) is 2.59. The van der Waals surface area contributed by atoms with E-state index in [1.54, 1.807) is 7.11 Å². The highest BCUT2D eigenvalue weighted by Crippen LogP contribution is 2.17. The molecule has 2 atom stereocenters. The maximum absolute atomic E-state index is 9.99. The Labute approximate surface area is 131 Å². The van der Waals surface area contributed by atoms with E-state index in [4.69, 9.17) is 9.47 Å². The van der Waals surface area contributed by atoms with E-state index in [0.717, 1.165) is 11.5 Å². The third-order valence-electron chi connectivity index (χ3n) is 3.46. The number of ether oxygens (including phenoxy) is 2. The van der Waals surface area contributed by atoms with Crippen molar-refractivity contribution in [2.45, 2.75) is 19.1 Å². The van der Waals surface area contributed by atoms with Crippen molar-refractivity contribution >= 4 is 0 Å². The van der Waals surface area contributed by atoms with Gasteiger partial charge in [-0.15, -0.1) is 0 Å². The van der Waals surface area contributed by atoms with Gasteiger partial charge in [0.15, 0.2) is 0 Å². The molecule has 0 heterocycles. The molecule has 0 saturated heterocycles. The highest BCUT2D eigenvalue weighted by molar-refractivity contribution is 5.31. The Bertz CT molecular complexity index is 542. The van der Waals surface area contributed by atoms with Gasteiger partial charge in [-0.3, -0.25) is 0 Å². The summed E-state index contributed by atoms with van der Waals surface area (Å²) in [5.74, 6) is 1.50. The lowest BCUT2D eigenvalue weighted by molar-refractivity contribution is 0.104. The smallest absolute Gasteiger partial charge is 0.119 e. The summed E-state index contributed by atoms with van der Waals surface area (Å²) < 4.78 is 10.6. The quantitative estimate of drug-likeness (QED) is 0.787. The van der Waals surface area contributed by atoms with Crippen LogP contribution < -0.4 is 14.8 Å². The largest absolute Gasteiger partial charge is 0.497 e. The van der Waals surface area contributed by atoms with E-state index in [1.165, 1.54) is 5.56 Å². The average molecular weight is 301 g/mol. The highest BCUT2D eigenvalue weighted by atomic mass is 16.5. The molecule has 4 heteroatoms. The van der Waals surface area contributed by atoms with Crippen molar-refractivity contribution in [1.82, 2.24) is 5.32 Å². The van der Waals surface area contributed by atoms with Gasteiger partial charge in [0, 0.05) is 12.6 Å². The van der Waals surface area contributed by atoms with Crippen LogP contribution in [-0.4, -0.2) is 31.5 Å². The van der Waals surface area contributed by atoms with E-state index in [9.17, 15) is 5.11 Å². The molecular weight excluding hydrogens is 278 g/mol. The summed E-state index contributed by atoms with van der Waals surface area (Å²) >= 11 is 0. The molecule has 0 spiro atoms. The zero-order valence-electron chi connectivity index (χ0n) is 13.0. The fourth-order valence-electron chi connectivity index (χ4n) is 2.10. The molecule has 0 amide bonds. The number of rotatable bonds is 8. The maximum Gasteiger partial charge on any atom is 0.119 e. The standard InChI is InChI=1S/C18H23NO3/c1-14(15-6-4-3-5-7-15)19-12-16(20)13-22-18-10-8-17(21-2)9-11-18/h3-11,14,16,19-20H,12-13H2,1-2H3/t14-,16+/m0/s1. The summed E-state index contributed by atoms with van der Waals surface area (Å²) in [5.41, 5.74) is 1.20. The van der Waals surface area contributed by atoms with Crippen LogP contribution in [0.5, 0.6) is 11.5 Å². The van der Waals surface area contributed by atoms with Gasteiger partial charge >= 0.3 is 0 Å². The second kappa shape index (κ2) is 8.41. The Morgan fingerprint density at radius 1 is 1.00 bits per heavy atom. The van der Waals surface area contributed by atoms with Crippen LogP contribution in [0.4, 0.5) is 0 Å². The molecule has 2 N–H and O–H groups in total. The molecule has 0 aromatic heterocycles. The number of methoxy groups -OCH3 is 1. The van der Waals surface area contributed by atoms with Crippen LogP contribution in [0.1, 0.15) is 18.5 Å². The minimum absolute atomic E-state index is 0.192. The van der Waals surface area contributed by atoms with Gasteiger partial charge in [-0.1, -0.05) is 30.3 Å². The second-order valence-electron chi connectivity index (χ2n) is 5.18. The lowest BCUT2D eigenvalue weighted by Gasteiger charge is -2.18. The lowest BCUT2D eigenvalue weighted by Crippen LogP contribution is -2.33. The second-order valence-corrected chi connectivity index (χ2v) is 5.18. The van der Waals surface area contributed by atoms with Gasteiger partial charge in [0.2, 0.25) is 0 Å². The van der Waals surface area contributed by atoms with Crippen molar-refractivity contribution in [1.29, 1.82) is 0 Å². The number of hydrogen-bond acceptors (Lipinski definition) is 4. The summed E-state index contributed by atoms with van der Waals surface area (Å²) in [6.07, 6.45) is -0.562. The fourth-order valence-corrected chi connectivity index (χ4v) is 2.10. The first-order valence-corrected chi connectivity index (χ1v) is 7.42. The van der Waals surface area contributed by atoms with Crippen LogP contribution in [-0.2, 0) is 0 Å². The van der Waals surface area contributed by atoms with Gasteiger partial charge in [0.1, 0.15) is 24.2 Å². The van der Waals surface area contributed by atoms with Crippen LogP contribution >= 0.6 is 0 Å². The SMILES string of the molecule is COc1ccc(OC[C@H](O)CN[C@@H](C)c2ccccc2)cc1. The summed E-state index contributed by atoms with van der Waals surface area (Å²) in [6.45, 7) is 2.80. The van der Waals surface area contributed by atoms with Crippen molar-refractivity contribution in [2.75, 3.05) is 20.3 Å². The van der Waals surface area contributed by atoms with Crippen LogP contribution in [0.15, 0.2) is 54.6 Å². The predicted molar refractivity (Wildman–Crippen MR) is 87.4 cm³/mol. The topological polar surface area (TPSA) is 50.7 Å². The summed E-state index contributed by atoms with van der Waals surface area (Å²) in [5, 5.41) is 13.3. The van der Waals surface area contributed by atoms with Crippen molar-refractivity contribution < 1.29 is 14.6 Å². The third-order valence-corrected chi connectivity index (χ3v) is 3.46. The van der Waals surface area contributed by atoms with E-state index < -0.39 is 6.10 Å². The molecule has 0 aliphatic carbocycles. The van der Waals surface area contributed by atoms with Crippen molar-refractivity contribution in [3.63, 3.8) is 0 Å². The van der Waals surface area contributed by atoms with Crippen molar-refractivity contribution in [3.8, 4) is 11.5 Å². The molecular formula is C18H23NO3. The zero-order valence-corrected chi connectivity index (χ0v) is 13.0. The minimum atomic E-state index is -0.562. The van der Waals surface area contributed by atoms with Gasteiger partial charge in [-0.25, -0.2) is 0 Å². The number of benzene rings is 2. The highest BCUT2D eigenvalue weighted by Gasteiger charge is 2.09.